The van der Waals surface area contributed by atoms with E-state index >= 15 is 0 Å². The van der Waals surface area contributed by atoms with Crippen LogP contribution in [0.15, 0.2) is 60.2 Å². The first-order valence-corrected chi connectivity index (χ1v) is 6.07. The molecule has 2 rings (SSSR count). The summed E-state index contributed by atoms with van der Waals surface area (Å²) in [7, 11) is 0. The Kier molecular flexibility index (Phi) is 4.36. The van der Waals surface area contributed by atoms with Crippen LogP contribution in [0, 0.1) is 0 Å². The molecule has 0 amide bonds. The van der Waals surface area contributed by atoms with Gasteiger partial charge in [-0.3, -0.25) is 0 Å². The highest BCUT2D eigenvalue weighted by Gasteiger charge is 2.15. The molecular weight excluding hydrogens is 272 g/mol. The SMILES string of the molecule is O=C(O)C(=Cc1ccc(Oc2ccccc2)cc1)C(=O)O. The van der Waals surface area contributed by atoms with Crippen molar-refractivity contribution in [3.05, 3.63) is 65.7 Å². The molecule has 0 radical (unpaired) electrons. The van der Waals surface area contributed by atoms with E-state index in [9.17, 15) is 9.59 Å². The van der Waals surface area contributed by atoms with Crippen molar-refractivity contribution in [2.75, 3.05) is 0 Å². The Morgan fingerprint density at radius 2 is 1.33 bits per heavy atom. The Labute approximate surface area is 120 Å². The number of aliphatic carboxylic acids is 2. The molecule has 5 nitrogen and oxygen atoms in total. The molecule has 0 aliphatic carbocycles. The number of ether oxygens (including phenoxy) is 1. The quantitative estimate of drug-likeness (QED) is 0.501. The molecule has 106 valence electrons. The highest BCUT2D eigenvalue weighted by Crippen LogP contribution is 2.21. The number of carboxylic acids is 2. The first-order chi connectivity index (χ1) is 10.1. The van der Waals surface area contributed by atoms with Gasteiger partial charge in [-0.05, 0) is 35.9 Å². The van der Waals surface area contributed by atoms with Crippen molar-refractivity contribution in [3.8, 4) is 11.5 Å². The van der Waals surface area contributed by atoms with Crippen LogP contribution in [0.5, 0.6) is 11.5 Å². The van der Waals surface area contributed by atoms with E-state index in [0.717, 1.165) is 6.08 Å². The summed E-state index contributed by atoms with van der Waals surface area (Å²) in [5, 5.41) is 17.6. The first kappa shape index (κ1) is 14.3. The fourth-order valence-electron chi connectivity index (χ4n) is 1.64. The van der Waals surface area contributed by atoms with Crippen LogP contribution in [0.4, 0.5) is 0 Å². The van der Waals surface area contributed by atoms with Crippen LogP contribution in [0.25, 0.3) is 6.08 Å². The van der Waals surface area contributed by atoms with Gasteiger partial charge >= 0.3 is 11.9 Å². The molecule has 0 bridgehead atoms. The molecule has 0 unspecified atom stereocenters. The van der Waals surface area contributed by atoms with Crippen molar-refractivity contribution >= 4 is 18.0 Å². The van der Waals surface area contributed by atoms with Crippen molar-refractivity contribution in [3.63, 3.8) is 0 Å². The maximum atomic E-state index is 10.8. The van der Waals surface area contributed by atoms with E-state index in [1.54, 1.807) is 36.4 Å². The molecule has 0 saturated carbocycles. The second kappa shape index (κ2) is 6.38. The van der Waals surface area contributed by atoms with Crippen molar-refractivity contribution in [1.29, 1.82) is 0 Å². The van der Waals surface area contributed by atoms with Gasteiger partial charge in [0.15, 0.2) is 0 Å². The zero-order valence-corrected chi connectivity index (χ0v) is 10.9. The fourth-order valence-corrected chi connectivity index (χ4v) is 1.64. The van der Waals surface area contributed by atoms with E-state index in [4.69, 9.17) is 14.9 Å². The molecule has 0 spiro atoms. The van der Waals surface area contributed by atoms with Gasteiger partial charge in [0.05, 0.1) is 0 Å². The summed E-state index contributed by atoms with van der Waals surface area (Å²) in [5.41, 5.74) is -0.220. The van der Waals surface area contributed by atoms with Gasteiger partial charge in [0.25, 0.3) is 0 Å². The molecule has 0 saturated heterocycles. The fraction of sp³-hybridized carbons (Fsp3) is 0. The minimum Gasteiger partial charge on any atom is -0.477 e. The van der Waals surface area contributed by atoms with Crippen LogP contribution < -0.4 is 4.74 Å². The second-order valence-corrected chi connectivity index (χ2v) is 4.15. The normalized spacial score (nSPS) is 9.71. The van der Waals surface area contributed by atoms with E-state index in [1.807, 2.05) is 18.2 Å². The van der Waals surface area contributed by atoms with Gasteiger partial charge in [0, 0.05) is 0 Å². The smallest absolute Gasteiger partial charge is 0.343 e. The Morgan fingerprint density at radius 1 is 0.810 bits per heavy atom. The van der Waals surface area contributed by atoms with Crippen molar-refractivity contribution in [2.45, 2.75) is 0 Å². The average molecular weight is 284 g/mol. The van der Waals surface area contributed by atoms with Gasteiger partial charge in [0.2, 0.25) is 0 Å². The standard InChI is InChI=1S/C16H12O5/c17-15(18)14(16(19)20)10-11-6-8-13(9-7-11)21-12-4-2-1-3-5-12/h1-10H,(H,17,18)(H,19,20). The van der Waals surface area contributed by atoms with E-state index in [2.05, 4.69) is 0 Å². The molecule has 0 aliphatic rings. The summed E-state index contributed by atoms with van der Waals surface area (Å²) < 4.78 is 5.58. The summed E-state index contributed by atoms with van der Waals surface area (Å²) in [6.45, 7) is 0. The number of rotatable bonds is 5. The molecule has 0 fully saturated rings. The Hall–Kier alpha value is -3.08. The summed E-state index contributed by atoms with van der Waals surface area (Å²) >= 11 is 0. The van der Waals surface area contributed by atoms with E-state index in [0.29, 0.717) is 17.1 Å². The molecule has 2 aromatic rings. The van der Waals surface area contributed by atoms with Gasteiger partial charge in [-0.15, -0.1) is 0 Å². The summed E-state index contributed by atoms with van der Waals surface area (Å²) in [6.07, 6.45) is 1.09. The monoisotopic (exact) mass is 284 g/mol. The summed E-state index contributed by atoms with van der Waals surface area (Å²) in [4.78, 5) is 21.6. The molecule has 2 N–H and O–H groups in total. The highest BCUT2D eigenvalue weighted by molar-refractivity contribution is 6.16. The third-order valence-corrected chi connectivity index (χ3v) is 2.63. The maximum absolute atomic E-state index is 10.8. The lowest BCUT2D eigenvalue weighted by atomic mass is 10.1. The van der Waals surface area contributed by atoms with Gasteiger partial charge in [0.1, 0.15) is 17.1 Å². The van der Waals surface area contributed by atoms with E-state index < -0.39 is 17.5 Å². The first-order valence-electron chi connectivity index (χ1n) is 6.07. The molecule has 0 aromatic heterocycles. The Bertz CT molecular complexity index is 656. The summed E-state index contributed by atoms with van der Waals surface area (Å²) in [6, 6.07) is 15.6. The Balaban J connectivity index is 2.17. The molecule has 21 heavy (non-hydrogen) atoms. The van der Waals surface area contributed by atoms with Gasteiger partial charge in [-0.1, -0.05) is 30.3 Å². The molecule has 5 heteroatoms. The van der Waals surface area contributed by atoms with Crippen LogP contribution in [0.1, 0.15) is 5.56 Å². The van der Waals surface area contributed by atoms with Gasteiger partial charge < -0.3 is 14.9 Å². The Morgan fingerprint density at radius 3 is 1.86 bits per heavy atom. The lowest BCUT2D eigenvalue weighted by Crippen LogP contribution is -2.10. The maximum Gasteiger partial charge on any atom is 0.343 e. The summed E-state index contributed by atoms with van der Waals surface area (Å²) in [5.74, 6) is -1.71. The van der Waals surface area contributed by atoms with Crippen molar-refractivity contribution in [1.82, 2.24) is 0 Å². The number of benzene rings is 2. The number of carbonyl (C=O) groups is 2. The third-order valence-electron chi connectivity index (χ3n) is 2.63. The van der Waals surface area contributed by atoms with Crippen LogP contribution in [0.3, 0.4) is 0 Å². The number of para-hydroxylation sites is 1. The van der Waals surface area contributed by atoms with Gasteiger partial charge in [-0.2, -0.15) is 0 Å². The van der Waals surface area contributed by atoms with Crippen LogP contribution in [0.2, 0.25) is 0 Å². The third kappa shape index (κ3) is 3.94. The zero-order valence-electron chi connectivity index (χ0n) is 10.9. The van der Waals surface area contributed by atoms with E-state index in [1.165, 1.54) is 0 Å². The predicted octanol–water partition coefficient (Wildman–Crippen LogP) is 3.03. The van der Waals surface area contributed by atoms with Crippen LogP contribution >= 0.6 is 0 Å². The topological polar surface area (TPSA) is 83.8 Å². The van der Waals surface area contributed by atoms with E-state index in [-0.39, 0.29) is 0 Å². The molecular formula is C16H12O5. The predicted molar refractivity (Wildman–Crippen MR) is 76.2 cm³/mol. The van der Waals surface area contributed by atoms with Crippen LogP contribution in [-0.4, -0.2) is 22.2 Å². The minimum absolute atomic E-state index is 0.468. The second-order valence-electron chi connectivity index (χ2n) is 4.15. The largest absolute Gasteiger partial charge is 0.477 e. The van der Waals surface area contributed by atoms with Crippen molar-refractivity contribution in [2.24, 2.45) is 0 Å². The molecule has 0 aliphatic heterocycles. The minimum atomic E-state index is -1.48. The average Bonchev–Trinajstić information content (AvgIpc) is 2.47. The molecule has 2 aromatic carbocycles. The van der Waals surface area contributed by atoms with Gasteiger partial charge in [-0.25, -0.2) is 9.59 Å². The highest BCUT2D eigenvalue weighted by atomic mass is 16.5. The number of hydrogen-bond acceptors (Lipinski definition) is 3. The van der Waals surface area contributed by atoms with Crippen LogP contribution in [-0.2, 0) is 9.59 Å². The molecule has 0 heterocycles. The number of carboxylic acid groups (broad SMARTS) is 2. The lowest BCUT2D eigenvalue weighted by molar-refractivity contribution is -0.140. The number of hydrogen-bond donors (Lipinski definition) is 2. The zero-order chi connectivity index (χ0) is 15.2. The van der Waals surface area contributed by atoms with Crippen molar-refractivity contribution < 1.29 is 24.5 Å². The molecule has 0 atom stereocenters. The lowest BCUT2D eigenvalue weighted by Gasteiger charge is -2.05.